The highest BCUT2D eigenvalue weighted by Crippen LogP contribution is 2.29. The van der Waals surface area contributed by atoms with Crippen molar-refractivity contribution in [2.45, 2.75) is 96.1 Å². The van der Waals surface area contributed by atoms with E-state index >= 15 is 0 Å². The number of aliphatic imine (C=N–C) groups is 1. The SMILES string of the molecule is C=C(N[C@@H](CCN1CCCC1CCCC)C1=CCCN=C1)C1CCCCC1. The van der Waals surface area contributed by atoms with Crippen molar-refractivity contribution < 1.29 is 0 Å². The molecule has 2 aliphatic heterocycles. The lowest BCUT2D eigenvalue weighted by molar-refractivity contribution is 0.230. The van der Waals surface area contributed by atoms with Crippen LogP contribution in [-0.2, 0) is 0 Å². The third-order valence-corrected chi connectivity index (χ3v) is 6.83. The van der Waals surface area contributed by atoms with Crippen molar-refractivity contribution in [1.82, 2.24) is 10.2 Å². The minimum absolute atomic E-state index is 0.385. The highest BCUT2D eigenvalue weighted by molar-refractivity contribution is 5.81. The van der Waals surface area contributed by atoms with Gasteiger partial charge in [-0.15, -0.1) is 0 Å². The quantitative estimate of drug-likeness (QED) is 0.550. The molecule has 3 heteroatoms. The molecule has 1 unspecified atom stereocenters. The van der Waals surface area contributed by atoms with Gasteiger partial charge in [0.25, 0.3) is 0 Å². The van der Waals surface area contributed by atoms with E-state index in [-0.39, 0.29) is 0 Å². The molecule has 0 amide bonds. The second kappa shape index (κ2) is 11.0. The monoisotopic (exact) mass is 371 g/mol. The Labute approximate surface area is 167 Å². The molecule has 0 aromatic rings. The molecular weight excluding hydrogens is 330 g/mol. The Bertz CT molecular complexity index is 516. The number of likely N-dealkylation sites (tertiary alicyclic amines) is 1. The van der Waals surface area contributed by atoms with Crippen molar-refractivity contribution in [3.8, 4) is 0 Å². The first-order chi connectivity index (χ1) is 13.3. The average Bonchev–Trinajstić information content (AvgIpc) is 3.18. The fourth-order valence-electron chi connectivity index (χ4n) is 5.13. The topological polar surface area (TPSA) is 27.6 Å². The van der Waals surface area contributed by atoms with Crippen molar-refractivity contribution >= 4 is 6.21 Å². The third-order valence-electron chi connectivity index (χ3n) is 6.83. The van der Waals surface area contributed by atoms with E-state index < -0.39 is 0 Å². The van der Waals surface area contributed by atoms with Crippen LogP contribution in [0.15, 0.2) is 28.9 Å². The van der Waals surface area contributed by atoms with Gasteiger partial charge in [-0.25, -0.2) is 0 Å². The Morgan fingerprint density at radius 3 is 2.85 bits per heavy atom. The van der Waals surface area contributed by atoms with Gasteiger partial charge in [-0.05, 0) is 63.0 Å². The van der Waals surface area contributed by atoms with Crippen LogP contribution in [0.3, 0.4) is 0 Å². The van der Waals surface area contributed by atoms with Crippen molar-refractivity contribution in [2.75, 3.05) is 19.6 Å². The van der Waals surface area contributed by atoms with Gasteiger partial charge >= 0.3 is 0 Å². The summed E-state index contributed by atoms with van der Waals surface area (Å²) in [5.74, 6) is 0.673. The van der Waals surface area contributed by atoms with Crippen LogP contribution >= 0.6 is 0 Å². The number of allylic oxidation sites excluding steroid dienone is 1. The Morgan fingerprint density at radius 2 is 2.11 bits per heavy atom. The number of rotatable bonds is 10. The summed E-state index contributed by atoms with van der Waals surface area (Å²) in [6.45, 7) is 10.2. The Morgan fingerprint density at radius 1 is 1.26 bits per heavy atom. The molecule has 2 fully saturated rings. The molecule has 1 N–H and O–H groups in total. The van der Waals surface area contributed by atoms with Gasteiger partial charge in [-0.1, -0.05) is 51.7 Å². The van der Waals surface area contributed by atoms with Gasteiger partial charge in [0.15, 0.2) is 0 Å². The van der Waals surface area contributed by atoms with Crippen LogP contribution in [0.2, 0.25) is 0 Å². The smallest absolute Gasteiger partial charge is 0.0534 e. The van der Waals surface area contributed by atoms with Crippen LogP contribution in [-0.4, -0.2) is 42.8 Å². The number of dihydropyridines is 1. The molecule has 2 atom stereocenters. The summed E-state index contributed by atoms with van der Waals surface area (Å²) in [7, 11) is 0. The summed E-state index contributed by atoms with van der Waals surface area (Å²) in [4.78, 5) is 7.32. The zero-order valence-corrected chi connectivity index (χ0v) is 17.6. The molecule has 1 aliphatic carbocycles. The van der Waals surface area contributed by atoms with Crippen molar-refractivity contribution in [2.24, 2.45) is 10.9 Å². The molecule has 0 bridgehead atoms. The lowest BCUT2D eigenvalue weighted by Crippen LogP contribution is -2.39. The lowest BCUT2D eigenvalue weighted by Gasteiger charge is -2.32. The number of nitrogens with one attached hydrogen (secondary N) is 1. The van der Waals surface area contributed by atoms with Gasteiger partial charge in [0.2, 0.25) is 0 Å². The normalized spacial score (nSPS) is 25.4. The number of hydrogen-bond donors (Lipinski definition) is 1. The first kappa shape index (κ1) is 20.6. The highest BCUT2D eigenvalue weighted by atomic mass is 15.2. The molecule has 1 saturated heterocycles. The van der Waals surface area contributed by atoms with E-state index in [1.54, 1.807) is 0 Å². The van der Waals surface area contributed by atoms with E-state index in [4.69, 9.17) is 0 Å². The maximum Gasteiger partial charge on any atom is 0.0534 e. The second-order valence-electron chi connectivity index (χ2n) is 8.85. The molecule has 27 heavy (non-hydrogen) atoms. The number of nitrogens with zero attached hydrogens (tertiary/aromatic N) is 2. The van der Waals surface area contributed by atoms with Crippen LogP contribution in [0.5, 0.6) is 0 Å². The molecule has 0 aromatic heterocycles. The van der Waals surface area contributed by atoms with E-state index in [1.165, 1.54) is 95.0 Å². The summed E-state index contributed by atoms with van der Waals surface area (Å²) in [6, 6.07) is 1.21. The molecule has 3 nitrogen and oxygen atoms in total. The van der Waals surface area contributed by atoms with E-state index in [0.717, 1.165) is 19.0 Å². The summed E-state index contributed by atoms with van der Waals surface area (Å²) >= 11 is 0. The first-order valence-corrected chi connectivity index (χ1v) is 11.7. The van der Waals surface area contributed by atoms with Crippen LogP contribution in [0.25, 0.3) is 0 Å². The Hall–Kier alpha value is -1.09. The lowest BCUT2D eigenvalue weighted by atomic mass is 9.86. The largest absolute Gasteiger partial charge is 0.382 e. The zero-order chi connectivity index (χ0) is 18.9. The highest BCUT2D eigenvalue weighted by Gasteiger charge is 2.26. The average molecular weight is 372 g/mol. The number of hydrogen-bond acceptors (Lipinski definition) is 3. The summed E-state index contributed by atoms with van der Waals surface area (Å²) in [5.41, 5.74) is 2.67. The van der Waals surface area contributed by atoms with E-state index in [1.807, 2.05) is 0 Å². The van der Waals surface area contributed by atoms with E-state index in [0.29, 0.717) is 12.0 Å². The number of unbranched alkanes of at least 4 members (excludes halogenated alkanes) is 1. The van der Waals surface area contributed by atoms with Gasteiger partial charge in [0.05, 0.1) is 6.04 Å². The van der Waals surface area contributed by atoms with Gasteiger partial charge in [-0.3, -0.25) is 4.99 Å². The van der Waals surface area contributed by atoms with E-state index in [2.05, 4.69) is 41.0 Å². The van der Waals surface area contributed by atoms with Crippen LogP contribution in [0.4, 0.5) is 0 Å². The van der Waals surface area contributed by atoms with Crippen molar-refractivity contribution in [3.63, 3.8) is 0 Å². The summed E-state index contributed by atoms with van der Waals surface area (Å²) in [5, 5.41) is 3.86. The predicted molar refractivity (Wildman–Crippen MR) is 117 cm³/mol. The maximum absolute atomic E-state index is 4.56. The minimum Gasteiger partial charge on any atom is -0.382 e. The molecule has 2 heterocycles. The molecule has 3 aliphatic rings. The summed E-state index contributed by atoms with van der Waals surface area (Å²) in [6.07, 6.45) is 20.4. The fraction of sp³-hybridized carbons (Fsp3) is 0.792. The zero-order valence-electron chi connectivity index (χ0n) is 17.6. The van der Waals surface area contributed by atoms with Gasteiger partial charge in [-0.2, -0.15) is 0 Å². The molecule has 0 spiro atoms. The van der Waals surface area contributed by atoms with Crippen molar-refractivity contribution in [1.29, 1.82) is 0 Å². The van der Waals surface area contributed by atoms with Crippen LogP contribution < -0.4 is 5.32 Å². The Balaban J connectivity index is 1.57. The van der Waals surface area contributed by atoms with E-state index in [9.17, 15) is 0 Å². The molecule has 152 valence electrons. The van der Waals surface area contributed by atoms with Crippen LogP contribution in [0, 0.1) is 5.92 Å². The molecule has 0 aromatic carbocycles. The molecular formula is C24H41N3. The third kappa shape index (κ3) is 6.20. The molecule has 0 radical (unpaired) electrons. The Kier molecular flexibility index (Phi) is 8.44. The standard InChI is InChI=1S/C24H41N3/c1-3-4-13-23-14-9-17-27(23)18-15-24(22-12-8-16-25-19-22)26-20(2)21-10-6-5-7-11-21/h12,19,21,23-24,26H,2-11,13-18H2,1H3/t23?,24-/m0/s1. The minimum atomic E-state index is 0.385. The molecule has 3 rings (SSSR count). The van der Waals surface area contributed by atoms with Gasteiger partial charge < -0.3 is 10.2 Å². The summed E-state index contributed by atoms with van der Waals surface area (Å²) < 4.78 is 0. The first-order valence-electron chi connectivity index (χ1n) is 11.7. The predicted octanol–water partition coefficient (Wildman–Crippen LogP) is 5.48. The molecule has 1 saturated carbocycles. The fourth-order valence-corrected chi connectivity index (χ4v) is 5.13. The van der Waals surface area contributed by atoms with Gasteiger partial charge in [0, 0.05) is 31.0 Å². The van der Waals surface area contributed by atoms with Crippen molar-refractivity contribution in [3.05, 3.63) is 23.9 Å². The second-order valence-corrected chi connectivity index (χ2v) is 8.85. The maximum atomic E-state index is 4.56. The van der Waals surface area contributed by atoms with Crippen LogP contribution in [0.1, 0.15) is 84.0 Å². The van der Waals surface area contributed by atoms with Gasteiger partial charge in [0.1, 0.15) is 0 Å².